The first-order valence-corrected chi connectivity index (χ1v) is 9.21. The lowest BCUT2D eigenvalue weighted by Gasteiger charge is -2.12. The molecule has 13 heteroatoms. The first-order chi connectivity index (χ1) is 13.5. The predicted molar refractivity (Wildman–Crippen MR) is 112 cm³/mol. The zero-order valence-corrected chi connectivity index (χ0v) is 19.2. The molecule has 0 saturated heterocycles. The van der Waals surface area contributed by atoms with Crippen LogP contribution in [0.3, 0.4) is 0 Å². The van der Waals surface area contributed by atoms with Crippen LogP contribution in [-0.4, -0.2) is 45.2 Å². The van der Waals surface area contributed by atoms with Crippen LogP contribution in [0.2, 0.25) is 0 Å². The number of halogens is 1. The average molecular weight is 459 g/mol. The Labute approximate surface area is 179 Å². The van der Waals surface area contributed by atoms with E-state index in [4.69, 9.17) is 44.0 Å². The Morgan fingerprint density at radius 1 is 0.931 bits per heavy atom. The van der Waals surface area contributed by atoms with E-state index in [1.165, 1.54) is 0 Å². The average Bonchev–Trinajstić information content (AvgIpc) is 2.66. The summed E-state index contributed by atoms with van der Waals surface area (Å²) in [4.78, 5) is 35.0. The highest BCUT2D eigenvalue weighted by molar-refractivity contribution is 7.41. The van der Waals surface area contributed by atoms with Crippen molar-refractivity contribution in [2.75, 3.05) is 32.9 Å². The Hall–Kier alpha value is -1.89. The molecule has 0 saturated carbocycles. The van der Waals surface area contributed by atoms with Gasteiger partial charge in [-0.3, -0.25) is 0 Å². The zero-order valence-electron chi connectivity index (χ0n) is 17.5. The molecular weight excluding hydrogens is 427 g/mol. The van der Waals surface area contributed by atoms with Crippen molar-refractivity contribution in [1.82, 2.24) is 0 Å². The number of azide groups is 1. The highest BCUT2D eigenvalue weighted by Crippen LogP contribution is 2.38. The molecule has 0 radical (unpaired) electrons. The topological polar surface area (TPSA) is 171 Å². The molecular formula is C16H32ClN4O7P. The van der Waals surface area contributed by atoms with Crippen LogP contribution in [-0.2, 0) is 32.7 Å². The lowest BCUT2D eigenvalue weighted by atomic mass is 10.5. The molecule has 0 aromatic carbocycles. The smallest absolute Gasteiger partial charge is 0.327 e. The van der Waals surface area contributed by atoms with Crippen molar-refractivity contribution in [2.45, 2.75) is 34.6 Å². The summed E-state index contributed by atoms with van der Waals surface area (Å²) in [5, 5.41) is 3.26. The molecule has 0 atom stereocenters. The maximum atomic E-state index is 8.12. The van der Waals surface area contributed by atoms with Gasteiger partial charge in [-0.2, -0.15) is 19.2 Å². The van der Waals surface area contributed by atoms with E-state index in [1.54, 1.807) is 6.08 Å². The monoisotopic (exact) mass is 458 g/mol. The van der Waals surface area contributed by atoms with Gasteiger partial charge in [-0.1, -0.05) is 29.4 Å². The van der Waals surface area contributed by atoms with Gasteiger partial charge in [0.2, 0.25) is 0 Å². The van der Waals surface area contributed by atoms with Gasteiger partial charge < -0.3 is 19.3 Å². The van der Waals surface area contributed by atoms with Gasteiger partial charge >= 0.3 is 20.9 Å². The standard InChI is InChI=1S/C6H15O3P.C4H7N3.C4H9N.2CO2.ClH/c1-4-7-10(8-5-2)9-6-3;1-2-3-4-6-7-5;1-2-3-4-5;2*2-1-3;/h4-6H2,1-3H3;2-3H,4H2,1H3;2-3H,4-5H2,1H3;;;1H/b;2*3-2+;;;. The first kappa shape index (κ1) is 41.5. The molecule has 0 amide bonds. The maximum Gasteiger partial charge on any atom is 0.373 e. The number of allylic oxidation sites excluding steroid dienone is 2. The molecule has 11 nitrogen and oxygen atoms in total. The summed E-state index contributed by atoms with van der Waals surface area (Å²) in [6, 6.07) is 0. The van der Waals surface area contributed by atoms with Gasteiger partial charge in [-0.25, -0.2) is 0 Å². The normalized spacial score (nSPS) is 8.10. The van der Waals surface area contributed by atoms with Crippen molar-refractivity contribution >= 4 is 33.3 Å². The van der Waals surface area contributed by atoms with Crippen LogP contribution in [0, 0.1) is 0 Å². The highest BCUT2D eigenvalue weighted by Gasteiger charge is 2.07. The second kappa shape index (κ2) is 56.2. The number of hydrogen-bond donors (Lipinski definition) is 1. The van der Waals surface area contributed by atoms with Crippen molar-refractivity contribution in [2.24, 2.45) is 10.8 Å². The van der Waals surface area contributed by atoms with Gasteiger partial charge in [0.15, 0.2) is 0 Å². The van der Waals surface area contributed by atoms with Gasteiger partial charge in [0, 0.05) is 18.0 Å². The summed E-state index contributed by atoms with van der Waals surface area (Å²) in [6.07, 6.45) is 7.97. The van der Waals surface area contributed by atoms with Crippen LogP contribution in [0.25, 0.3) is 10.4 Å². The molecule has 0 bridgehead atoms. The van der Waals surface area contributed by atoms with Gasteiger partial charge in [0.25, 0.3) is 0 Å². The van der Waals surface area contributed by atoms with Gasteiger partial charge in [-0.05, 0) is 40.1 Å². The molecule has 0 fully saturated rings. The SMILES string of the molecule is C/C=C/CN.C/C=C/CN=[N+]=[N-].CCOP(OCC)OCC.Cl.O=C=O.O=C=O. The van der Waals surface area contributed by atoms with Gasteiger partial charge in [0.1, 0.15) is 0 Å². The van der Waals surface area contributed by atoms with Crippen LogP contribution in [0.15, 0.2) is 29.4 Å². The number of hydrogen-bond acceptors (Lipinski definition) is 9. The minimum absolute atomic E-state index is 0. The van der Waals surface area contributed by atoms with E-state index in [0.29, 0.717) is 32.9 Å². The van der Waals surface area contributed by atoms with Crippen LogP contribution in [0.5, 0.6) is 0 Å². The summed E-state index contributed by atoms with van der Waals surface area (Å²) in [7, 11) is -1.06. The molecule has 0 spiro atoms. The lowest BCUT2D eigenvalue weighted by Crippen LogP contribution is -1.94. The van der Waals surface area contributed by atoms with E-state index >= 15 is 0 Å². The van der Waals surface area contributed by atoms with Crippen LogP contribution >= 0.6 is 21.0 Å². The Morgan fingerprint density at radius 3 is 1.45 bits per heavy atom. The third-order valence-corrected chi connectivity index (χ3v) is 2.97. The van der Waals surface area contributed by atoms with E-state index in [2.05, 4.69) is 10.0 Å². The maximum absolute atomic E-state index is 8.12. The molecule has 2 N–H and O–H groups in total. The molecule has 0 aromatic heterocycles. The first-order valence-electron chi connectivity index (χ1n) is 8.11. The minimum atomic E-state index is -1.06. The van der Waals surface area contributed by atoms with E-state index in [1.807, 2.05) is 52.8 Å². The molecule has 0 rings (SSSR count). The molecule has 29 heavy (non-hydrogen) atoms. The fourth-order valence-electron chi connectivity index (χ4n) is 0.753. The number of nitrogens with zero attached hydrogens (tertiary/aromatic N) is 3. The van der Waals surface area contributed by atoms with E-state index in [9.17, 15) is 0 Å². The van der Waals surface area contributed by atoms with Crippen molar-refractivity contribution in [3.05, 3.63) is 34.7 Å². The van der Waals surface area contributed by atoms with Crippen LogP contribution in [0.1, 0.15) is 34.6 Å². The second-order valence-corrected chi connectivity index (χ2v) is 4.65. The molecule has 0 aliphatic carbocycles. The quantitative estimate of drug-likeness (QED) is 0.177. The fourth-order valence-corrected chi connectivity index (χ4v) is 1.61. The van der Waals surface area contributed by atoms with Crippen LogP contribution < -0.4 is 5.73 Å². The van der Waals surface area contributed by atoms with Crippen molar-refractivity contribution in [1.29, 1.82) is 0 Å². The minimum Gasteiger partial charge on any atom is -0.327 e. The summed E-state index contributed by atoms with van der Waals surface area (Å²) < 4.78 is 15.4. The third kappa shape index (κ3) is 88.3. The Balaban J connectivity index is -0.0000000613. The van der Waals surface area contributed by atoms with E-state index in [0.717, 1.165) is 0 Å². The van der Waals surface area contributed by atoms with Crippen molar-refractivity contribution in [3.63, 3.8) is 0 Å². The summed E-state index contributed by atoms with van der Waals surface area (Å²) in [6.45, 7) is 12.7. The van der Waals surface area contributed by atoms with Gasteiger partial charge in [-0.15, -0.1) is 12.4 Å². The summed E-state index contributed by atoms with van der Waals surface area (Å²) >= 11 is 0. The molecule has 170 valence electrons. The van der Waals surface area contributed by atoms with Crippen LogP contribution in [0.4, 0.5) is 0 Å². The fraction of sp³-hybridized carbons (Fsp3) is 0.625. The predicted octanol–water partition coefficient (Wildman–Crippen LogP) is 3.97. The molecule has 0 aliphatic heterocycles. The van der Waals surface area contributed by atoms with E-state index in [-0.39, 0.29) is 24.7 Å². The molecule has 0 unspecified atom stereocenters. The van der Waals surface area contributed by atoms with Crippen molar-refractivity contribution in [3.8, 4) is 0 Å². The Morgan fingerprint density at radius 2 is 1.28 bits per heavy atom. The summed E-state index contributed by atoms with van der Waals surface area (Å²) in [5.74, 6) is 0. The molecule has 0 heterocycles. The molecule has 0 aromatic rings. The number of nitrogens with two attached hydrogens (primary N) is 1. The lowest BCUT2D eigenvalue weighted by molar-refractivity contribution is -0.193. The largest absolute Gasteiger partial charge is 0.373 e. The zero-order chi connectivity index (χ0) is 22.9. The third-order valence-electron chi connectivity index (χ3n) is 1.56. The van der Waals surface area contributed by atoms with Crippen molar-refractivity contribution < 1.29 is 32.7 Å². The number of carbonyl (C=O) groups excluding carboxylic acids is 4. The summed E-state index contributed by atoms with van der Waals surface area (Å²) in [5.41, 5.74) is 12.8. The number of rotatable bonds is 9. The second-order valence-electron chi connectivity index (χ2n) is 3.43. The Bertz CT molecular complexity index is 424. The van der Waals surface area contributed by atoms with Gasteiger partial charge in [0.05, 0.1) is 19.8 Å². The molecule has 0 aliphatic rings. The van der Waals surface area contributed by atoms with E-state index < -0.39 is 8.60 Å². The Kier molecular flexibility index (Phi) is 80.4. The highest BCUT2D eigenvalue weighted by atomic mass is 35.5.